The Bertz CT molecular complexity index is 1480. The molecule has 2 aromatic heterocycles. The molecule has 7 heteroatoms. The van der Waals surface area contributed by atoms with Crippen LogP contribution in [0.3, 0.4) is 0 Å². The molecule has 0 saturated carbocycles. The molecule has 0 spiro atoms. The van der Waals surface area contributed by atoms with E-state index in [0.717, 1.165) is 44.6 Å². The molecule has 0 radical (unpaired) electrons. The van der Waals surface area contributed by atoms with E-state index in [4.69, 9.17) is 16.0 Å². The van der Waals surface area contributed by atoms with Crippen LogP contribution in [0.25, 0.3) is 11.3 Å². The fraction of sp³-hybridized carbons (Fsp3) is 0.133. The van der Waals surface area contributed by atoms with Crippen LogP contribution in [0.1, 0.15) is 35.3 Å². The van der Waals surface area contributed by atoms with E-state index in [2.05, 4.69) is 91.7 Å². The van der Waals surface area contributed by atoms with Gasteiger partial charge in [-0.1, -0.05) is 57.9 Å². The summed E-state index contributed by atoms with van der Waals surface area (Å²) < 4.78 is 8.56. The van der Waals surface area contributed by atoms with Gasteiger partial charge in [-0.2, -0.15) is 5.10 Å². The van der Waals surface area contributed by atoms with Crippen molar-refractivity contribution in [3.8, 4) is 5.69 Å². The summed E-state index contributed by atoms with van der Waals surface area (Å²) in [5.41, 5.74) is 6.85. The van der Waals surface area contributed by atoms with Gasteiger partial charge in [0.15, 0.2) is 0 Å². The lowest BCUT2D eigenvalue weighted by Crippen LogP contribution is -2.18. The SMILES string of the molecule is Brc1ccc(N2C=C(c3ccccc3)CC2c2ncco2)cc1.Cc1cc(C)n(-c2ccc(Cl)cc2)n1. The molecule has 0 fully saturated rings. The van der Waals surface area contributed by atoms with E-state index in [9.17, 15) is 0 Å². The van der Waals surface area contributed by atoms with Crippen molar-refractivity contribution in [1.29, 1.82) is 0 Å². The molecule has 3 heterocycles. The van der Waals surface area contributed by atoms with Gasteiger partial charge < -0.3 is 9.32 Å². The predicted octanol–water partition coefficient (Wildman–Crippen LogP) is 8.57. The summed E-state index contributed by atoms with van der Waals surface area (Å²) in [5.74, 6) is 0.745. The van der Waals surface area contributed by atoms with Crippen LogP contribution in [-0.4, -0.2) is 14.8 Å². The van der Waals surface area contributed by atoms with E-state index < -0.39 is 0 Å². The van der Waals surface area contributed by atoms with Gasteiger partial charge >= 0.3 is 0 Å². The van der Waals surface area contributed by atoms with E-state index in [1.54, 1.807) is 12.5 Å². The Kier molecular flexibility index (Phi) is 7.58. The Morgan fingerprint density at radius 3 is 2.24 bits per heavy atom. The van der Waals surface area contributed by atoms with Crippen molar-refractivity contribution in [2.24, 2.45) is 0 Å². The Morgan fingerprint density at radius 2 is 1.62 bits per heavy atom. The molecule has 37 heavy (non-hydrogen) atoms. The highest BCUT2D eigenvalue weighted by atomic mass is 79.9. The molecule has 6 rings (SSSR count). The van der Waals surface area contributed by atoms with Crippen molar-refractivity contribution in [1.82, 2.24) is 14.8 Å². The van der Waals surface area contributed by atoms with Crippen molar-refractivity contribution < 1.29 is 4.42 Å². The van der Waals surface area contributed by atoms with Gasteiger partial charge in [-0.05, 0) is 79.6 Å². The quantitative estimate of drug-likeness (QED) is 0.216. The lowest BCUT2D eigenvalue weighted by atomic mass is 10.0. The van der Waals surface area contributed by atoms with E-state index in [-0.39, 0.29) is 6.04 Å². The Labute approximate surface area is 230 Å². The summed E-state index contributed by atoms with van der Waals surface area (Å²) in [6, 6.07) is 28.6. The second kappa shape index (κ2) is 11.2. The first kappa shape index (κ1) is 25.1. The zero-order chi connectivity index (χ0) is 25.8. The van der Waals surface area contributed by atoms with Gasteiger partial charge in [0.05, 0.1) is 17.6 Å². The number of hydrogen-bond acceptors (Lipinski definition) is 4. The van der Waals surface area contributed by atoms with Gasteiger partial charge in [-0.15, -0.1) is 0 Å². The summed E-state index contributed by atoms with van der Waals surface area (Å²) in [6.07, 6.45) is 6.42. The van der Waals surface area contributed by atoms with Crippen LogP contribution in [0.4, 0.5) is 5.69 Å². The maximum absolute atomic E-state index is 5.81. The molecule has 5 aromatic rings. The summed E-state index contributed by atoms with van der Waals surface area (Å²) >= 11 is 9.31. The van der Waals surface area contributed by atoms with E-state index in [1.807, 2.05) is 48.9 Å². The largest absolute Gasteiger partial charge is 0.447 e. The zero-order valence-electron chi connectivity index (χ0n) is 20.6. The summed E-state index contributed by atoms with van der Waals surface area (Å²) in [6.45, 7) is 4.02. The second-order valence-corrected chi connectivity index (χ2v) is 10.2. The van der Waals surface area contributed by atoms with Crippen molar-refractivity contribution in [2.75, 3.05) is 4.90 Å². The van der Waals surface area contributed by atoms with Crippen molar-refractivity contribution in [3.05, 3.63) is 136 Å². The number of aromatic nitrogens is 3. The van der Waals surface area contributed by atoms with Gasteiger partial charge in [0.2, 0.25) is 5.89 Å². The third kappa shape index (κ3) is 5.87. The molecule has 1 unspecified atom stereocenters. The van der Waals surface area contributed by atoms with Gasteiger partial charge in [-0.25, -0.2) is 9.67 Å². The molecule has 3 aromatic carbocycles. The molecule has 5 nitrogen and oxygen atoms in total. The molecule has 0 aliphatic carbocycles. The maximum Gasteiger partial charge on any atom is 0.217 e. The summed E-state index contributed by atoms with van der Waals surface area (Å²) in [7, 11) is 0. The fourth-order valence-electron chi connectivity index (χ4n) is 4.41. The predicted molar refractivity (Wildman–Crippen MR) is 153 cm³/mol. The third-order valence-electron chi connectivity index (χ3n) is 6.13. The number of benzene rings is 3. The van der Waals surface area contributed by atoms with Crippen LogP contribution in [-0.2, 0) is 0 Å². The highest BCUT2D eigenvalue weighted by molar-refractivity contribution is 9.10. The molecule has 0 amide bonds. The van der Waals surface area contributed by atoms with Crippen molar-refractivity contribution in [2.45, 2.75) is 26.3 Å². The Balaban J connectivity index is 0.000000171. The first-order valence-electron chi connectivity index (χ1n) is 12.0. The van der Waals surface area contributed by atoms with Crippen LogP contribution < -0.4 is 4.90 Å². The first-order chi connectivity index (χ1) is 18.0. The molecule has 186 valence electrons. The number of rotatable bonds is 4. The highest BCUT2D eigenvalue weighted by Crippen LogP contribution is 2.41. The summed E-state index contributed by atoms with van der Waals surface area (Å²) in [5, 5.41) is 5.13. The number of aryl methyl sites for hydroxylation is 2. The molecule has 1 aliphatic rings. The molecule has 1 atom stereocenters. The molecule has 0 bridgehead atoms. The lowest BCUT2D eigenvalue weighted by molar-refractivity contribution is 0.454. The lowest BCUT2D eigenvalue weighted by Gasteiger charge is -2.23. The number of anilines is 1. The molecular weight excluding hydrogens is 548 g/mol. The minimum atomic E-state index is 0.0846. The van der Waals surface area contributed by atoms with E-state index >= 15 is 0 Å². The fourth-order valence-corrected chi connectivity index (χ4v) is 4.80. The van der Waals surface area contributed by atoms with E-state index in [1.165, 1.54) is 11.1 Å². The first-order valence-corrected chi connectivity index (χ1v) is 13.1. The van der Waals surface area contributed by atoms with Crippen LogP contribution in [0.5, 0.6) is 0 Å². The van der Waals surface area contributed by atoms with Gasteiger partial charge in [-0.3, -0.25) is 0 Å². The third-order valence-corrected chi connectivity index (χ3v) is 6.91. The number of hydrogen-bond donors (Lipinski definition) is 0. The zero-order valence-corrected chi connectivity index (χ0v) is 22.9. The smallest absolute Gasteiger partial charge is 0.217 e. The van der Waals surface area contributed by atoms with Crippen LogP contribution in [0.2, 0.25) is 5.02 Å². The molecule has 1 aliphatic heterocycles. The van der Waals surface area contributed by atoms with E-state index in [0.29, 0.717) is 0 Å². The molecule has 0 N–H and O–H groups in total. The van der Waals surface area contributed by atoms with Crippen molar-refractivity contribution in [3.63, 3.8) is 0 Å². The Morgan fingerprint density at radius 1 is 0.919 bits per heavy atom. The standard InChI is InChI=1S/C19H15BrN2O.C11H11ClN2/c20-16-6-8-17(9-7-16)22-13-15(14-4-2-1-3-5-14)12-18(22)19-21-10-11-23-19;1-8-7-9(2)14(13-8)11-5-3-10(12)4-6-11/h1-11,13,18H,12H2;3-7H,1-2H3. The average Bonchev–Trinajstić information content (AvgIpc) is 3.66. The van der Waals surface area contributed by atoms with Gasteiger partial charge in [0, 0.05) is 33.5 Å². The topological polar surface area (TPSA) is 47.1 Å². The minimum Gasteiger partial charge on any atom is -0.447 e. The Hall–Kier alpha value is -3.61. The average molecular weight is 574 g/mol. The molecule has 0 saturated heterocycles. The van der Waals surface area contributed by atoms with Crippen LogP contribution in [0.15, 0.2) is 112 Å². The maximum atomic E-state index is 5.81. The van der Waals surface area contributed by atoms with Crippen LogP contribution >= 0.6 is 27.5 Å². The monoisotopic (exact) mass is 572 g/mol. The molecular formula is C30H26BrClN4O. The van der Waals surface area contributed by atoms with Gasteiger partial charge in [0.25, 0.3) is 0 Å². The second-order valence-electron chi connectivity index (χ2n) is 8.81. The van der Waals surface area contributed by atoms with Gasteiger partial charge in [0.1, 0.15) is 12.3 Å². The number of nitrogens with zero attached hydrogens (tertiary/aromatic N) is 4. The van der Waals surface area contributed by atoms with Crippen molar-refractivity contribution >= 4 is 38.8 Å². The van der Waals surface area contributed by atoms with Crippen LogP contribution in [0, 0.1) is 13.8 Å². The number of oxazole rings is 1. The number of halogens is 2. The normalized spacial score (nSPS) is 14.8. The highest BCUT2D eigenvalue weighted by Gasteiger charge is 2.30. The summed E-state index contributed by atoms with van der Waals surface area (Å²) in [4.78, 5) is 6.61. The minimum absolute atomic E-state index is 0.0846.